The summed E-state index contributed by atoms with van der Waals surface area (Å²) < 4.78 is 4.58. The Balaban J connectivity index is 2.12. The van der Waals surface area contributed by atoms with Crippen LogP contribution in [0, 0.1) is 13.8 Å². The quantitative estimate of drug-likeness (QED) is 0.552. The third kappa shape index (κ3) is 2.61. The summed E-state index contributed by atoms with van der Waals surface area (Å²) in [5.74, 6) is 0. The Morgan fingerprint density at radius 2 is 1.59 bits per heavy atom. The van der Waals surface area contributed by atoms with Crippen molar-refractivity contribution >= 4 is 5.65 Å². The summed E-state index contributed by atoms with van der Waals surface area (Å²) in [6.45, 7) is 3.98. The van der Waals surface area contributed by atoms with E-state index >= 15 is 0 Å². The Bertz CT molecular complexity index is 1290. The van der Waals surface area contributed by atoms with Gasteiger partial charge in [0, 0.05) is 26.0 Å². The molecule has 27 heavy (non-hydrogen) atoms. The van der Waals surface area contributed by atoms with Crippen LogP contribution in [0.1, 0.15) is 11.3 Å². The van der Waals surface area contributed by atoms with Gasteiger partial charge in [0.05, 0.1) is 17.0 Å². The van der Waals surface area contributed by atoms with Crippen molar-refractivity contribution in [2.24, 2.45) is 14.1 Å². The molecule has 0 saturated heterocycles. The van der Waals surface area contributed by atoms with Crippen LogP contribution in [0.4, 0.5) is 0 Å². The summed E-state index contributed by atoms with van der Waals surface area (Å²) in [7, 11) is 3.18. The fraction of sp³-hybridized carbons (Fsp3) is 0.190. The van der Waals surface area contributed by atoms with E-state index in [2.05, 4.69) is 4.98 Å². The largest absolute Gasteiger partial charge is 0.330 e. The van der Waals surface area contributed by atoms with Crippen LogP contribution in [0.2, 0.25) is 0 Å². The lowest BCUT2D eigenvalue weighted by atomic mass is 10.0. The highest BCUT2D eigenvalue weighted by Crippen LogP contribution is 2.28. The molecule has 0 spiro atoms. The minimum absolute atomic E-state index is 0.352. The van der Waals surface area contributed by atoms with Crippen LogP contribution in [0.3, 0.4) is 0 Å². The molecule has 0 aliphatic carbocycles. The van der Waals surface area contributed by atoms with Crippen molar-refractivity contribution in [1.29, 1.82) is 0 Å². The Hall–Kier alpha value is -3.41. The van der Waals surface area contributed by atoms with Crippen LogP contribution in [0.25, 0.3) is 28.2 Å². The Morgan fingerprint density at radius 3 is 2.26 bits per heavy atom. The molecular weight excluding hydrogens is 340 g/mol. The molecule has 0 unspecified atom stereocenters. The van der Waals surface area contributed by atoms with E-state index in [0.29, 0.717) is 17.0 Å². The summed E-state index contributed by atoms with van der Waals surface area (Å²) >= 11 is 0. The molecule has 0 aliphatic heterocycles. The standard InChI is InChI=1S/C21H20N4O2/c1-13-8-10-15(11-9-13)19-18(20(26)24(4)21(27)23(19)3)16-12-25-14(2)6-5-7-17(25)22-16/h5-12H,1-4H3. The van der Waals surface area contributed by atoms with Crippen molar-refractivity contribution in [2.45, 2.75) is 13.8 Å². The lowest BCUT2D eigenvalue weighted by Gasteiger charge is -2.14. The highest BCUT2D eigenvalue weighted by Gasteiger charge is 2.21. The number of aromatic nitrogens is 4. The molecule has 0 radical (unpaired) electrons. The normalized spacial score (nSPS) is 11.3. The maximum absolute atomic E-state index is 13.1. The fourth-order valence-corrected chi connectivity index (χ4v) is 3.39. The minimum Gasteiger partial charge on any atom is -0.304 e. The number of hydrogen-bond acceptors (Lipinski definition) is 3. The Morgan fingerprint density at radius 1 is 0.889 bits per heavy atom. The van der Waals surface area contributed by atoms with Gasteiger partial charge in [0.1, 0.15) is 5.65 Å². The fourth-order valence-electron chi connectivity index (χ4n) is 3.39. The number of imidazole rings is 1. The van der Waals surface area contributed by atoms with Gasteiger partial charge in [0.25, 0.3) is 5.56 Å². The first kappa shape index (κ1) is 17.0. The highest BCUT2D eigenvalue weighted by atomic mass is 16.2. The van der Waals surface area contributed by atoms with Gasteiger partial charge < -0.3 is 4.40 Å². The summed E-state index contributed by atoms with van der Waals surface area (Å²) in [6.07, 6.45) is 1.85. The maximum atomic E-state index is 13.1. The maximum Gasteiger partial charge on any atom is 0.330 e. The van der Waals surface area contributed by atoms with E-state index in [9.17, 15) is 9.59 Å². The topological polar surface area (TPSA) is 61.3 Å². The lowest BCUT2D eigenvalue weighted by molar-refractivity contribution is 0.694. The zero-order chi connectivity index (χ0) is 19.3. The zero-order valence-corrected chi connectivity index (χ0v) is 15.7. The van der Waals surface area contributed by atoms with Gasteiger partial charge >= 0.3 is 5.69 Å². The van der Waals surface area contributed by atoms with E-state index in [0.717, 1.165) is 27.0 Å². The number of aryl methyl sites for hydroxylation is 2. The highest BCUT2D eigenvalue weighted by molar-refractivity contribution is 5.79. The molecule has 0 atom stereocenters. The first-order valence-corrected chi connectivity index (χ1v) is 8.70. The van der Waals surface area contributed by atoms with Crippen molar-refractivity contribution in [2.75, 3.05) is 0 Å². The third-order valence-corrected chi connectivity index (χ3v) is 4.94. The summed E-state index contributed by atoms with van der Waals surface area (Å²) in [4.78, 5) is 30.3. The molecule has 1 aromatic carbocycles. The van der Waals surface area contributed by atoms with Gasteiger partial charge in [-0.05, 0) is 31.5 Å². The second-order valence-corrected chi connectivity index (χ2v) is 6.82. The number of nitrogens with zero attached hydrogens (tertiary/aromatic N) is 4. The van der Waals surface area contributed by atoms with Gasteiger partial charge in [0.15, 0.2) is 0 Å². The van der Waals surface area contributed by atoms with Gasteiger partial charge in [0.2, 0.25) is 0 Å². The molecule has 0 saturated carbocycles. The number of rotatable bonds is 2. The Labute approximate surface area is 156 Å². The van der Waals surface area contributed by atoms with E-state index in [1.807, 2.05) is 66.9 Å². The van der Waals surface area contributed by atoms with Crippen molar-refractivity contribution in [1.82, 2.24) is 18.5 Å². The monoisotopic (exact) mass is 360 g/mol. The molecule has 3 heterocycles. The van der Waals surface area contributed by atoms with E-state index in [1.54, 1.807) is 7.05 Å². The molecule has 4 aromatic rings. The van der Waals surface area contributed by atoms with Crippen molar-refractivity contribution in [3.05, 3.63) is 80.8 Å². The van der Waals surface area contributed by atoms with Crippen LogP contribution >= 0.6 is 0 Å². The van der Waals surface area contributed by atoms with Gasteiger partial charge in [-0.1, -0.05) is 35.9 Å². The van der Waals surface area contributed by atoms with E-state index in [1.165, 1.54) is 11.6 Å². The molecule has 0 N–H and O–H groups in total. The number of benzene rings is 1. The van der Waals surface area contributed by atoms with E-state index in [-0.39, 0.29) is 11.2 Å². The van der Waals surface area contributed by atoms with Crippen LogP contribution in [0.15, 0.2) is 58.3 Å². The van der Waals surface area contributed by atoms with Gasteiger partial charge in [-0.3, -0.25) is 13.9 Å². The number of fused-ring (bicyclic) bond motifs is 1. The first-order chi connectivity index (χ1) is 12.9. The second-order valence-electron chi connectivity index (χ2n) is 6.82. The van der Waals surface area contributed by atoms with Gasteiger partial charge in [-0.2, -0.15) is 0 Å². The van der Waals surface area contributed by atoms with Crippen LogP contribution in [-0.2, 0) is 14.1 Å². The predicted octanol–water partition coefficient (Wildman–Crippen LogP) is 2.68. The van der Waals surface area contributed by atoms with Crippen LogP contribution in [0.5, 0.6) is 0 Å². The van der Waals surface area contributed by atoms with E-state index < -0.39 is 0 Å². The average molecular weight is 360 g/mol. The predicted molar refractivity (Wildman–Crippen MR) is 106 cm³/mol. The SMILES string of the molecule is Cc1ccc(-c2c(-c3cn4c(C)cccc4n3)c(=O)n(C)c(=O)n2C)cc1. The zero-order valence-electron chi connectivity index (χ0n) is 15.7. The first-order valence-electron chi connectivity index (χ1n) is 8.70. The molecule has 3 aromatic heterocycles. The molecule has 136 valence electrons. The summed E-state index contributed by atoms with van der Waals surface area (Å²) in [5, 5.41) is 0. The summed E-state index contributed by atoms with van der Waals surface area (Å²) in [6, 6.07) is 13.6. The smallest absolute Gasteiger partial charge is 0.304 e. The molecule has 0 aliphatic rings. The number of hydrogen-bond donors (Lipinski definition) is 0. The van der Waals surface area contributed by atoms with Crippen molar-refractivity contribution in [3.8, 4) is 22.5 Å². The minimum atomic E-state index is -0.362. The van der Waals surface area contributed by atoms with Crippen molar-refractivity contribution in [3.63, 3.8) is 0 Å². The second kappa shape index (κ2) is 6.09. The number of pyridine rings is 1. The summed E-state index contributed by atoms with van der Waals surface area (Å²) in [5.41, 5.74) is 4.53. The van der Waals surface area contributed by atoms with Crippen molar-refractivity contribution < 1.29 is 0 Å². The molecule has 0 bridgehead atoms. The van der Waals surface area contributed by atoms with Crippen LogP contribution < -0.4 is 11.2 Å². The third-order valence-electron chi connectivity index (χ3n) is 4.94. The van der Waals surface area contributed by atoms with E-state index in [4.69, 9.17) is 0 Å². The van der Waals surface area contributed by atoms with Crippen LogP contribution in [-0.4, -0.2) is 18.5 Å². The average Bonchev–Trinajstić information content (AvgIpc) is 3.09. The molecule has 0 fully saturated rings. The molecule has 6 nitrogen and oxygen atoms in total. The molecule has 6 heteroatoms. The molecule has 4 rings (SSSR count). The molecule has 0 amide bonds. The van der Waals surface area contributed by atoms with Gasteiger partial charge in [-0.25, -0.2) is 9.78 Å². The lowest BCUT2D eigenvalue weighted by Crippen LogP contribution is -2.38. The Kier molecular flexibility index (Phi) is 3.84. The van der Waals surface area contributed by atoms with Gasteiger partial charge in [-0.15, -0.1) is 0 Å². The molecular formula is C21H20N4O2.